The topological polar surface area (TPSA) is 55.1 Å². The van der Waals surface area contributed by atoms with E-state index in [0.29, 0.717) is 17.8 Å². The van der Waals surface area contributed by atoms with Crippen LogP contribution in [0.3, 0.4) is 0 Å². The average molecular weight is 292 g/mol. The summed E-state index contributed by atoms with van der Waals surface area (Å²) in [5.74, 6) is 1.89. The van der Waals surface area contributed by atoms with Crippen molar-refractivity contribution in [2.45, 2.75) is 38.6 Å². The number of carbonyl (C=O) groups excluding carboxylic acids is 1. The summed E-state index contributed by atoms with van der Waals surface area (Å²) in [6, 6.07) is 4.34. The molecule has 2 aliphatic carbocycles. The van der Waals surface area contributed by atoms with Crippen LogP contribution in [0.5, 0.6) is 0 Å². The number of amides is 1. The lowest BCUT2D eigenvalue weighted by atomic mass is 9.84. The quantitative estimate of drug-likeness (QED) is 0.875. The summed E-state index contributed by atoms with van der Waals surface area (Å²) in [7, 11) is 0. The molecule has 0 aliphatic heterocycles. The summed E-state index contributed by atoms with van der Waals surface area (Å²) in [5, 5.41) is 5.24. The van der Waals surface area contributed by atoms with E-state index in [9.17, 15) is 4.79 Å². The van der Waals surface area contributed by atoms with Crippen LogP contribution in [0.15, 0.2) is 17.5 Å². The summed E-state index contributed by atoms with van der Waals surface area (Å²) in [5.41, 5.74) is 6.22. The van der Waals surface area contributed by atoms with Gasteiger partial charge in [-0.05, 0) is 54.9 Å². The Bertz CT molecular complexity index is 457. The van der Waals surface area contributed by atoms with Crippen molar-refractivity contribution in [2.24, 2.45) is 29.4 Å². The van der Waals surface area contributed by atoms with Crippen LogP contribution in [-0.4, -0.2) is 18.5 Å². The second kappa shape index (κ2) is 5.86. The van der Waals surface area contributed by atoms with Crippen LogP contribution in [0.1, 0.15) is 31.1 Å². The molecule has 1 aromatic heterocycles. The summed E-state index contributed by atoms with van der Waals surface area (Å²) in [4.78, 5) is 13.8. The molecule has 1 heterocycles. The summed E-state index contributed by atoms with van der Waals surface area (Å²) in [6.45, 7) is 2.96. The molecule has 0 radical (unpaired) electrons. The number of thiophene rings is 1. The Morgan fingerprint density at radius 1 is 1.50 bits per heavy atom. The monoisotopic (exact) mass is 292 g/mol. The van der Waals surface area contributed by atoms with Gasteiger partial charge in [-0.3, -0.25) is 4.79 Å². The molecule has 0 aromatic carbocycles. The zero-order valence-corrected chi connectivity index (χ0v) is 12.9. The van der Waals surface area contributed by atoms with Gasteiger partial charge in [-0.25, -0.2) is 0 Å². The summed E-state index contributed by atoms with van der Waals surface area (Å²) in [6.07, 6.45) is 4.64. The Hall–Kier alpha value is -0.870. The molecule has 0 saturated heterocycles. The molecule has 5 unspecified atom stereocenters. The highest BCUT2D eigenvalue weighted by atomic mass is 32.1. The van der Waals surface area contributed by atoms with Crippen LogP contribution >= 0.6 is 11.3 Å². The molecular formula is C16H24N2OS. The molecule has 20 heavy (non-hydrogen) atoms. The zero-order valence-electron chi connectivity index (χ0n) is 12.0. The largest absolute Gasteiger partial charge is 0.356 e. The van der Waals surface area contributed by atoms with E-state index in [1.165, 1.54) is 24.1 Å². The number of hydrogen-bond donors (Lipinski definition) is 2. The van der Waals surface area contributed by atoms with Gasteiger partial charge < -0.3 is 11.1 Å². The molecule has 1 aromatic rings. The molecule has 3 N–H and O–H groups in total. The van der Waals surface area contributed by atoms with Gasteiger partial charge in [-0.2, -0.15) is 0 Å². The molecule has 5 atom stereocenters. The van der Waals surface area contributed by atoms with Crippen LogP contribution in [0.25, 0.3) is 0 Å². The fourth-order valence-electron chi connectivity index (χ4n) is 3.96. The Labute approximate surface area is 124 Å². The lowest BCUT2D eigenvalue weighted by molar-refractivity contribution is -0.127. The maximum Gasteiger partial charge on any atom is 0.224 e. The van der Waals surface area contributed by atoms with Crippen molar-refractivity contribution in [3.63, 3.8) is 0 Å². The van der Waals surface area contributed by atoms with E-state index in [2.05, 4.69) is 29.8 Å². The van der Waals surface area contributed by atoms with E-state index >= 15 is 0 Å². The molecule has 2 fully saturated rings. The van der Waals surface area contributed by atoms with Gasteiger partial charge in [0, 0.05) is 17.5 Å². The molecule has 3 nitrogen and oxygen atoms in total. The number of nitrogens with two attached hydrogens (primary N) is 1. The predicted octanol–water partition coefficient (Wildman–Crippen LogP) is 2.42. The van der Waals surface area contributed by atoms with Gasteiger partial charge >= 0.3 is 0 Å². The molecule has 2 aliphatic rings. The third-order valence-corrected chi connectivity index (χ3v) is 5.94. The molecule has 4 heteroatoms. The Balaban J connectivity index is 1.47. The van der Waals surface area contributed by atoms with Crippen molar-refractivity contribution in [3.8, 4) is 0 Å². The maximum atomic E-state index is 12.4. The molecule has 2 bridgehead atoms. The summed E-state index contributed by atoms with van der Waals surface area (Å²) < 4.78 is 0. The highest BCUT2D eigenvalue weighted by molar-refractivity contribution is 7.09. The van der Waals surface area contributed by atoms with E-state index in [1.807, 2.05) is 0 Å². The van der Waals surface area contributed by atoms with Crippen LogP contribution in [0, 0.1) is 23.7 Å². The van der Waals surface area contributed by atoms with Crippen molar-refractivity contribution >= 4 is 17.2 Å². The smallest absolute Gasteiger partial charge is 0.224 e. The lowest BCUT2D eigenvalue weighted by Crippen LogP contribution is -2.46. The molecule has 0 spiro atoms. The van der Waals surface area contributed by atoms with E-state index in [0.717, 1.165) is 13.0 Å². The lowest BCUT2D eigenvalue weighted by Gasteiger charge is -2.27. The number of fused-ring (bicyclic) bond motifs is 2. The number of hydrogen-bond acceptors (Lipinski definition) is 3. The van der Waals surface area contributed by atoms with Crippen LogP contribution < -0.4 is 11.1 Å². The standard InChI is InChI=1S/C16H24N2OS/c1-10(7-13-3-2-6-20-13)9-18-16(19)14-11-4-5-12(8-11)15(14)17/h2-3,6,10-12,14-15H,4-5,7-9,17H2,1H3,(H,18,19). The minimum absolute atomic E-state index is 0.0719. The molecule has 3 rings (SSSR count). The van der Waals surface area contributed by atoms with Crippen LogP contribution in [-0.2, 0) is 11.2 Å². The van der Waals surface area contributed by atoms with E-state index in [4.69, 9.17) is 5.73 Å². The number of carbonyl (C=O) groups is 1. The highest BCUT2D eigenvalue weighted by Crippen LogP contribution is 2.47. The van der Waals surface area contributed by atoms with Crippen molar-refractivity contribution < 1.29 is 4.79 Å². The van der Waals surface area contributed by atoms with Gasteiger partial charge in [0.05, 0.1) is 5.92 Å². The third kappa shape index (κ3) is 2.77. The van der Waals surface area contributed by atoms with E-state index < -0.39 is 0 Å². The molecule has 1 amide bonds. The Kier molecular flexibility index (Phi) is 4.13. The van der Waals surface area contributed by atoms with E-state index in [1.54, 1.807) is 11.3 Å². The first kappa shape index (κ1) is 14.1. The van der Waals surface area contributed by atoms with Crippen molar-refractivity contribution in [3.05, 3.63) is 22.4 Å². The van der Waals surface area contributed by atoms with Gasteiger partial charge in [0.25, 0.3) is 0 Å². The second-order valence-corrected chi connectivity index (χ2v) is 7.60. The van der Waals surface area contributed by atoms with Gasteiger partial charge in [0.2, 0.25) is 5.91 Å². The number of rotatable bonds is 5. The predicted molar refractivity (Wildman–Crippen MR) is 82.5 cm³/mol. The molecule has 110 valence electrons. The van der Waals surface area contributed by atoms with Gasteiger partial charge in [-0.15, -0.1) is 11.3 Å². The molecule has 2 saturated carbocycles. The first-order chi connectivity index (χ1) is 9.65. The van der Waals surface area contributed by atoms with Crippen LogP contribution in [0.4, 0.5) is 0 Å². The molecular weight excluding hydrogens is 268 g/mol. The van der Waals surface area contributed by atoms with E-state index in [-0.39, 0.29) is 17.9 Å². The second-order valence-electron chi connectivity index (χ2n) is 6.57. The highest BCUT2D eigenvalue weighted by Gasteiger charge is 2.48. The first-order valence-electron chi connectivity index (χ1n) is 7.71. The van der Waals surface area contributed by atoms with Crippen molar-refractivity contribution in [2.75, 3.05) is 6.54 Å². The first-order valence-corrected chi connectivity index (χ1v) is 8.58. The zero-order chi connectivity index (χ0) is 14.1. The van der Waals surface area contributed by atoms with Crippen molar-refractivity contribution in [1.82, 2.24) is 5.32 Å². The fraction of sp³-hybridized carbons (Fsp3) is 0.688. The van der Waals surface area contributed by atoms with Gasteiger partial charge in [-0.1, -0.05) is 13.0 Å². The van der Waals surface area contributed by atoms with Crippen molar-refractivity contribution in [1.29, 1.82) is 0 Å². The fourth-order valence-corrected chi connectivity index (χ4v) is 4.83. The van der Waals surface area contributed by atoms with Gasteiger partial charge in [0.1, 0.15) is 0 Å². The Morgan fingerprint density at radius 3 is 2.95 bits per heavy atom. The normalized spacial score (nSPS) is 33.3. The SMILES string of the molecule is CC(CNC(=O)C1C2CCC(C2)C1N)Cc1cccs1. The third-order valence-electron chi connectivity index (χ3n) is 5.04. The average Bonchev–Trinajstić information content (AvgIpc) is 3.12. The Morgan fingerprint density at radius 2 is 2.30 bits per heavy atom. The number of nitrogens with one attached hydrogen (secondary N) is 1. The minimum Gasteiger partial charge on any atom is -0.356 e. The summed E-state index contributed by atoms with van der Waals surface area (Å²) >= 11 is 1.79. The van der Waals surface area contributed by atoms with Crippen LogP contribution in [0.2, 0.25) is 0 Å². The van der Waals surface area contributed by atoms with Gasteiger partial charge in [0.15, 0.2) is 0 Å². The maximum absolute atomic E-state index is 12.4. The minimum atomic E-state index is 0.0719.